The summed E-state index contributed by atoms with van der Waals surface area (Å²) in [7, 11) is 0. The van der Waals surface area contributed by atoms with E-state index in [1.807, 2.05) is 36.1 Å². The number of carbonyl (C=O) groups is 2. The zero-order valence-electron chi connectivity index (χ0n) is 15.5. The Kier molecular flexibility index (Phi) is 6.50. The Bertz CT molecular complexity index is 805. The first-order valence-electron chi connectivity index (χ1n) is 9.34. The zero-order valence-corrected chi connectivity index (χ0v) is 16.3. The first-order valence-corrected chi connectivity index (χ1v) is 9.72. The van der Waals surface area contributed by atoms with Crippen molar-refractivity contribution >= 4 is 23.4 Å². The fraction of sp³-hybridized carbons (Fsp3) is 0.450. The average molecular weight is 389 g/mol. The van der Waals surface area contributed by atoms with E-state index in [0.717, 1.165) is 37.1 Å². The maximum Gasteiger partial charge on any atom is 0.274 e. The molecule has 27 heavy (non-hydrogen) atoms. The van der Waals surface area contributed by atoms with Crippen LogP contribution in [0.3, 0.4) is 0 Å². The van der Waals surface area contributed by atoms with Crippen LogP contribution in [0.15, 0.2) is 30.3 Å². The van der Waals surface area contributed by atoms with E-state index >= 15 is 0 Å². The molecule has 1 fully saturated rings. The van der Waals surface area contributed by atoms with Crippen LogP contribution in [0.1, 0.15) is 47.4 Å². The molecule has 1 atom stereocenters. The monoisotopic (exact) mass is 388 g/mol. The van der Waals surface area contributed by atoms with Gasteiger partial charge in [-0.1, -0.05) is 29.8 Å². The van der Waals surface area contributed by atoms with Gasteiger partial charge in [-0.25, -0.2) is 0 Å². The Morgan fingerprint density at radius 1 is 1.37 bits per heavy atom. The lowest BCUT2D eigenvalue weighted by Gasteiger charge is -2.32. The van der Waals surface area contributed by atoms with E-state index in [1.54, 1.807) is 6.07 Å². The smallest absolute Gasteiger partial charge is 0.274 e. The van der Waals surface area contributed by atoms with Gasteiger partial charge in [0, 0.05) is 36.8 Å². The highest BCUT2D eigenvalue weighted by molar-refractivity contribution is 6.31. The average Bonchev–Trinajstić information content (AvgIpc) is 3.11. The SMILES string of the molecule is Cc1cc(C(=O)N2CCC[C@H](CCC(=O)NCc3ccccc3Cl)C2)n[nH]1. The van der Waals surface area contributed by atoms with Crippen molar-refractivity contribution in [1.82, 2.24) is 20.4 Å². The molecule has 0 aliphatic carbocycles. The fourth-order valence-electron chi connectivity index (χ4n) is 3.43. The largest absolute Gasteiger partial charge is 0.352 e. The molecule has 0 radical (unpaired) electrons. The summed E-state index contributed by atoms with van der Waals surface area (Å²) in [6.07, 6.45) is 3.23. The number of aromatic amines is 1. The van der Waals surface area contributed by atoms with Gasteiger partial charge < -0.3 is 10.2 Å². The van der Waals surface area contributed by atoms with Crippen molar-refractivity contribution in [2.24, 2.45) is 5.92 Å². The van der Waals surface area contributed by atoms with E-state index in [9.17, 15) is 9.59 Å². The van der Waals surface area contributed by atoms with E-state index < -0.39 is 0 Å². The number of hydrogen-bond donors (Lipinski definition) is 2. The van der Waals surface area contributed by atoms with E-state index in [4.69, 9.17) is 11.6 Å². The lowest BCUT2D eigenvalue weighted by atomic mass is 9.93. The number of halogens is 1. The molecule has 0 unspecified atom stereocenters. The minimum atomic E-state index is -0.0350. The lowest BCUT2D eigenvalue weighted by Crippen LogP contribution is -2.40. The van der Waals surface area contributed by atoms with Crippen molar-refractivity contribution in [2.45, 2.75) is 39.2 Å². The highest BCUT2D eigenvalue weighted by Gasteiger charge is 2.26. The molecule has 2 amide bonds. The van der Waals surface area contributed by atoms with E-state index in [2.05, 4.69) is 15.5 Å². The van der Waals surface area contributed by atoms with Gasteiger partial charge in [-0.05, 0) is 49.8 Å². The van der Waals surface area contributed by atoms with Crippen molar-refractivity contribution in [1.29, 1.82) is 0 Å². The molecular weight excluding hydrogens is 364 g/mol. The molecule has 0 bridgehead atoms. The highest BCUT2D eigenvalue weighted by atomic mass is 35.5. The van der Waals surface area contributed by atoms with Crippen molar-refractivity contribution in [2.75, 3.05) is 13.1 Å². The van der Waals surface area contributed by atoms with Crippen LogP contribution in [0.2, 0.25) is 5.02 Å². The summed E-state index contributed by atoms with van der Waals surface area (Å²) in [5, 5.41) is 10.5. The first-order chi connectivity index (χ1) is 13.0. The van der Waals surface area contributed by atoms with Gasteiger partial charge in [-0.15, -0.1) is 0 Å². The predicted octanol–water partition coefficient (Wildman–Crippen LogP) is 3.32. The van der Waals surface area contributed by atoms with Gasteiger partial charge in [0.1, 0.15) is 5.69 Å². The van der Waals surface area contributed by atoms with Gasteiger partial charge in [0.25, 0.3) is 5.91 Å². The molecule has 1 aromatic carbocycles. The predicted molar refractivity (Wildman–Crippen MR) is 104 cm³/mol. The van der Waals surface area contributed by atoms with Gasteiger partial charge in [-0.2, -0.15) is 5.10 Å². The van der Waals surface area contributed by atoms with Crippen LogP contribution >= 0.6 is 11.6 Å². The number of H-pyrrole nitrogens is 1. The van der Waals surface area contributed by atoms with Crippen LogP contribution in [-0.2, 0) is 11.3 Å². The number of likely N-dealkylation sites (tertiary alicyclic amines) is 1. The van der Waals surface area contributed by atoms with Gasteiger partial charge in [0.15, 0.2) is 0 Å². The third kappa shape index (κ3) is 5.32. The minimum absolute atomic E-state index is 0.0151. The number of aryl methyl sites for hydroxylation is 1. The summed E-state index contributed by atoms with van der Waals surface area (Å²) in [4.78, 5) is 26.6. The fourth-order valence-corrected chi connectivity index (χ4v) is 3.64. The van der Waals surface area contributed by atoms with Gasteiger partial charge in [0.2, 0.25) is 5.91 Å². The summed E-state index contributed by atoms with van der Waals surface area (Å²) in [5.74, 6) is 0.322. The molecule has 2 heterocycles. The van der Waals surface area contributed by atoms with Gasteiger partial charge in [-0.3, -0.25) is 14.7 Å². The van der Waals surface area contributed by atoms with Crippen molar-refractivity contribution in [3.63, 3.8) is 0 Å². The molecule has 2 N–H and O–H groups in total. The quantitative estimate of drug-likeness (QED) is 0.796. The molecule has 1 aromatic heterocycles. The summed E-state index contributed by atoms with van der Waals surface area (Å²) in [5.41, 5.74) is 2.25. The number of amides is 2. The number of piperidine rings is 1. The highest BCUT2D eigenvalue weighted by Crippen LogP contribution is 2.22. The molecule has 3 rings (SSSR count). The number of aromatic nitrogens is 2. The second-order valence-corrected chi connectivity index (χ2v) is 7.51. The number of benzene rings is 1. The molecule has 6 nitrogen and oxygen atoms in total. The van der Waals surface area contributed by atoms with Crippen LogP contribution in [-0.4, -0.2) is 40.0 Å². The molecule has 7 heteroatoms. The van der Waals surface area contributed by atoms with E-state index in [0.29, 0.717) is 36.1 Å². The standard InChI is InChI=1S/C20H25ClN4O2/c1-14-11-18(24-23-14)20(27)25-10-4-5-15(13-25)8-9-19(26)22-12-16-6-2-3-7-17(16)21/h2-3,6-7,11,15H,4-5,8-10,12-13H2,1H3,(H,22,26)(H,23,24)/t15-/m1/s1. The summed E-state index contributed by atoms with van der Waals surface area (Å²) < 4.78 is 0. The summed E-state index contributed by atoms with van der Waals surface area (Å²) >= 11 is 6.11. The topological polar surface area (TPSA) is 78.1 Å². The molecule has 1 saturated heterocycles. The number of nitrogens with zero attached hydrogens (tertiary/aromatic N) is 2. The molecule has 2 aromatic rings. The Balaban J connectivity index is 1.44. The summed E-state index contributed by atoms with van der Waals surface area (Å²) in [6, 6.07) is 9.27. The first kappa shape index (κ1) is 19.4. The number of rotatable bonds is 6. The normalized spacial score (nSPS) is 17.0. The van der Waals surface area contributed by atoms with Gasteiger partial charge in [0.05, 0.1) is 0 Å². The van der Waals surface area contributed by atoms with Crippen molar-refractivity contribution < 1.29 is 9.59 Å². The zero-order chi connectivity index (χ0) is 19.2. The maximum atomic E-state index is 12.5. The van der Waals surface area contributed by atoms with E-state index in [1.165, 1.54) is 0 Å². The van der Waals surface area contributed by atoms with Crippen LogP contribution in [0, 0.1) is 12.8 Å². The maximum absolute atomic E-state index is 12.5. The molecule has 1 aliphatic heterocycles. The van der Waals surface area contributed by atoms with Crippen LogP contribution in [0.25, 0.3) is 0 Å². The Hall–Kier alpha value is -2.34. The van der Waals surface area contributed by atoms with Crippen molar-refractivity contribution in [3.8, 4) is 0 Å². The Labute approximate surface area is 164 Å². The second-order valence-electron chi connectivity index (χ2n) is 7.10. The number of hydrogen-bond acceptors (Lipinski definition) is 3. The van der Waals surface area contributed by atoms with Crippen LogP contribution in [0.5, 0.6) is 0 Å². The van der Waals surface area contributed by atoms with Crippen LogP contribution < -0.4 is 5.32 Å². The number of carbonyl (C=O) groups excluding carboxylic acids is 2. The molecule has 0 saturated carbocycles. The third-order valence-corrected chi connectivity index (χ3v) is 5.31. The van der Waals surface area contributed by atoms with E-state index in [-0.39, 0.29) is 11.8 Å². The van der Waals surface area contributed by atoms with Gasteiger partial charge >= 0.3 is 0 Å². The van der Waals surface area contributed by atoms with Crippen LogP contribution in [0.4, 0.5) is 0 Å². The molecular formula is C20H25ClN4O2. The second kappa shape index (κ2) is 9.04. The molecule has 144 valence electrons. The third-order valence-electron chi connectivity index (χ3n) is 4.94. The Morgan fingerprint density at radius 3 is 2.93 bits per heavy atom. The Morgan fingerprint density at radius 2 is 2.19 bits per heavy atom. The van der Waals surface area contributed by atoms with Crippen molar-refractivity contribution in [3.05, 3.63) is 52.3 Å². The molecule has 1 aliphatic rings. The number of nitrogens with one attached hydrogen (secondary N) is 2. The molecule has 0 spiro atoms. The summed E-state index contributed by atoms with van der Waals surface area (Å²) in [6.45, 7) is 3.75. The minimum Gasteiger partial charge on any atom is -0.352 e. The lowest BCUT2D eigenvalue weighted by molar-refractivity contribution is -0.121.